The summed E-state index contributed by atoms with van der Waals surface area (Å²) in [7, 11) is 0. The summed E-state index contributed by atoms with van der Waals surface area (Å²) in [6.45, 7) is 3.15. The first-order valence-electron chi connectivity index (χ1n) is 6.15. The van der Waals surface area contributed by atoms with Crippen molar-refractivity contribution in [3.63, 3.8) is 0 Å². The molecule has 0 aliphatic carbocycles. The molecule has 0 spiro atoms. The molecule has 0 aliphatic rings. The molecular formula is C11H16N6O2. The number of carbonyl (C=O) groups is 1. The summed E-state index contributed by atoms with van der Waals surface area (Å²) in [4.78, 5) is 22.7. The highest BCUT2D eigenvalue weighted by Gasteiger charge is 2.03. The Labute approximate surface area is 109 Å². The first-order chi connectivity index (χ1) is 9.20. The summed E-state index contributed by atoms with van der Waals surface area (Å²) in [5.74, 6) is 0.523. The first-order valence-corrected chi connectivity index (χ1v) is 6.15. The summed E-state index contributed by atoms with van der Waals surface area (Å²) in [6, 6.07) is 3.38. The van der Waals surface area contributed by atoms with Crippen molar-refractivity contribution in [3.05, 3.63) is 22.6 Å². The minimum Gasteiger partial charge on any atom is -0.368 e. The molecule has 0 saturated heterocycles. The molecule has 2 heterocycles. The highest BCUT2D eigenvalue weighted by molar-refractivity contribution is 5.76. The number of H-pyrrole nitrogens is 1. The zero-order valence-electron chi connectivity index (χ0n) is 10.6. The fraction of sp³-hybridized carbons (Fsp3) is 0.455. The molecule has 0 aliphatic heterocycles. The fourth-order valence-electron chi connectivity index (χ4n) is 1.55. The Hall–Kier alpha value is -2.38. The van der Waals surface area contributed by atoms with Gasteiger partial charge in [0.05, 0.1) is 0 Å². The Morgan fingerprint density at radius 3 is 3.05 bits per heavy atom. The second-order valence-electron chi connectivity index (χ2n) is 4.04. The van der Waals surface area contributed by atoms with Crippen LogP contribution in [0.2, 0.25) is 0 Å². The average molecular weight is 264 g/mol. The standard InChI is InChI=1S/C11H16N6O2/c1-2-6-13-10(18)5-7-12-8-3-4-9-14-15-11(19)17(9)16-8/h3-4H,2,5-7H2,1H3,(H,12,16)(H,13,18)(H,15,19). The van der Waals surface area contributed by atoms with Crippen molar-refractivity contribution in [1.82, 2.24) is 25.1 Å². The van der Waals surface area contributed by atoms with E-state index in [1.807, 2.05) is 6.92 Å². The zero-order chi connectivity index (χ0) is 13.7. The van der Waals surface area contributed by atoms with E-state index in [4.69, 9.17) is 0 Å². The Balaban J connectivity index is 1.89. The smallest absolute Gasteiger partial charge is 0.364 e. The van der Waals surface area contributed by atoms with Gasteiger partial charge in [0.25, 0.3) is 0 Å². The van der Waals surface area contributed by atoms with Crippen LogP contribution in [0.3, 0.4) is 0 Å². The Bertz CT molecular complexity index is 617. The minimum atomic E-state index is -0.390. The number of anilines is 1. The van der Waals surface area contributed by atoms with Crippen LogP contribution < -0.4 is 16.3 Å². The van der Waals surface area contributed by atoms with Gasteiger partial charge in [0.2, 0.25) is 5.91 Å². The lowest BCUT2D eigenvalue weighted by atomic mass is 10.3. The van der Waals surface area contributed by atoms with E-state index in [0.29, 0.717) is 31.0 Å². The Morgan fingerprint density at radius 1 is 1.42 bits per heavy atom. The molecule has 0 fully saturated rings. The number of carbonyl (C=O) groups excluding carboxylic acids is 1. The number of hydrogen-bond donors (Lipinski definition) is 3. The van der Waals surface area contributed by atoms with Crippen molar-refractivity contribution in [2.75, 3.05) is 18.4 Å². The summed E-state index contributed by atoms with van der Waals surface area (Å²) in [5.41, 5.74) is 0.0653. The summed E-state index contributed by atoms with van der Waals surface area (Å²) >= 11 is 0. The Kier molecular flexibility index (Phi) is 4.11. The van der Waals surface area contributed by atoms with Gasteiger partial charge in [-0.2, -0.15) is 9.61 Å². The van der Waals surface area contributed by atoms with Crippen LogP contribution in [-0.4, -0.2) is 38.8 Å². The van der Waals surface area contributed by atoms with Crippen molar-refractivity contribution in [3.8, 4) is 0 Å². The van der Waals surface area contributed by atoms with E-state index in [9.17, 15) is 9.59 Å². The maximum atomic E-state index is 11.4. The molecule has 0 aromatic carbocycles. The van der Waals surface area contributed by atoms with E-state index in [1.165, 1.54) is 4.52 Å². The van der Waals surface area contributed by atoms with Gasteiger partial charge in [-0.3, -0.25) is 4.79 Å². The van der Waals surface area contributed by atoms with E-state index >= 15 is 0 Å². The van der Waals surface area contributed by atoms with Gasteiger partial charge in [-0.25, -0.2) is 9.89 Å². The third-order valence-corrected chi connectivity index (χ3v) is 2.50. The largest absolute Gasteiger partial charge is 0.368 e. The van der Waals surface area contributed by atoms with Gasteiger partial charge in [-0.15, -0.1) is 5.10 Å². The molecule has 102 valence electrons. The molecule has 1 amide bonds. The topological polar surface area (TPSA) is 104 Å². The molecule has 0 atom stereocenters. The summed E-state index contributed by atoms with van der Waals surface area (Å²) in [5, 5.41) is 15.9. The number of hydrogen-bond acceptors (Lipinski definition) is 5. The molecule has 2 aromatic rings. The summed E-state index contributed by atoms with van der Waals surface area (Å²) in [6.07, 6.45) is 1.28. The van der Waals surface area contributed by atoms with Gasteiger partial charge in [0.15, 0.2) is 5.65 Å². The number of rotatable bonds is 6. The van der Waals surface area contributed by atoms with Gasteiger partial charge in [0, 0.05) is 19.5 Å². The molecule has 2 aromatic heterocycles. The van der Waals surface area contributed by atoms with E-state index in [0.717, 1.165) is 6.42 Å². The van der Waals surface area contributed by atoms with Crippen LogP contribution in [0.25, 0.3) is 5.65 Å². The predicted octanol–water partition coefficient (Wildman–Crippen LogP) is -0.254. The lowest BCUT2D eigenvalue weighted by molar-refractivity contribution is -0.120. The number of aromatic amines is 1. The molecule has 2 rings (SSSR count). The second kappa shape index (κ2) is 5.98. The van der Waals surface area contributed by atoms with Crippen molar-refractivity contribution in [2.45, 2.75) is 19.8 Å². The molecular weight excluding hydrogens is 248 g/mol. The molecule has 0 radical (unpaired) electrons. The lowest BCUT2D eigenvalue weighted by Crippen LogP contribution is -2.26. The van der Waals surface area contributed by atoms with E-state index in [2.05, 4.69) is 25.9 Å². The number of nitrogens with one attached hydrogen (secondary N) is 3. The van der Waals surface area contributed by atoms with Crippen LogP contribution in [0.1, 0.15) is 19.8 Å². The number of amides is 1. The van der Waals surface area contributed by atoms with E-state index in [-0.39, 0.29) is 11.6 Å². The van der Waals surface area contributed by atoms with Crippen LogP contribution in [0.4, 0.5) is 5.82 Å². The number of nitrogens with zero attached hydrogens (tertiary/aromatic N) is 3. The second-order valence-corrected chi connectivity index (χ2v) is 4.04. The van der Waals surface area contributed by atoms with E-state index < -0.39 is 0 Å². The van der Waals surface area contributed by atoms with Gasteiger partial charge in [-0.05, 0) is 18.6 Å². The SMILES string of the molecule is CCCNC(=O)CCNc1ccc2n[nH]c(=O)n2n1. The van der Waals surface area contributed by atoms with Crippen molar-refractivity contribution in [2.24, 2.45) is 0 Å². The van der Waals surface area contributed by atoms with Gasteiger partial charge >= 0.3 is 5.69 Å². The maximum absolute atomic E-state index is 11.4. The van der Waals surface area contributed by atoms with Crippen LogP contribution in [0.5, 0.6) is 0 Å². The maximum Gasteiger partial charge on any atom is 0.364 e. The lowest BCUT2D eigenvalue weighted by Gasteiger charge is -2.05. The molecule has 8 nitrogen and oxygen atoms in total. The predicted molar refractivity (Wildman–Crippen MR) is 70.0 cm³/mol. The van der Waals surface area contributed by atoms with Crippen LogP contribution in [-0.2, 0) is 4.79 Å². The molecule has 0 unspecified atom stereocenters. The van der Waals surface area contributed by atoms with Gasteiger partial charge in [0.1, 0.15) is 5.82 Å². The highest BCUT2D eigenvalue weighted by Crippen LogP contribution is 2.02. The monoisotopic (exact) mass is 264 g/mol. The summed E-state index contributed by atoms with van der Waals surface area (Å²) < 4.78 is 1.17. The van der Waals surface area contributed by atoms with E-state index in [1.54, 1.807) is 12.1 Å². The van der Waals surface area contributed by atoms with Crippen LogP contribution in [0.15, 0.2) is 16.9 Å². The average Bonchev–Trinajstić information content (AvgIpc) is 2.78. The molecule has 19 heavy (non-hydrogen) atoms. The van der Waals surface area contributed by atoms with Crippen molar-refractivity contribution < 1.29 is 4.79 Å². The third kappa shape index (κ3) is 3.30. The Morgan fingerprint density at radius 2 is 2.26 bits per heavy atom. The van der Waals surface area contributed by atoms with Gasteiger partial charge in [-0.1, -0.05) is 6.92 Å². The van der Waals surface area contributed by atoms with Crippen molar-refractivity contribution in [1.29, 1.82) is 0 Å². The molecule has 0 bridgehead atoms. The normalized spacial score (nSPS) is 10.6. The molecule has 3 N–H and O–H groups in total. The van der Waals surface area contributed by atoms with Crippen LogP contribution >= 0.6 is 0 Å². The zero-order valence-corrected chi connectivity index (χ0v) is 10.6. The van der Waals surface area contributed by atoms with Crippen molar-refractivity contribution >= 4 is 17.4 Å². The quantitative estimate of drug-likeness (QED) is 0.667. The third-order valence-electron chi connectivity index (χ3n) is 2.50. The minimum absolute atomic E-state index is 0.00379. The highest BCUT2D eigenvalue weighted by atomic mass is 16.2. The fourth-order valence-corrected chi connectivity index (χ4v) is 1.55. The molecule has 8 heteroatoms. The van der Waals surface area contributed by atoms with Crippen LogP contribution in [0, 0.1) is 0 Å². The first kappa shape index (κ1) is 13.1. The number of aromatic nitrogens is 4. The number of fused-ring (bicyclic) bond motifs is 1. The van der Waals surface area contributed by atoms with Gasteiger partial charge < -0.3 is 10.6 Å². The molecule has 0 saturated carbocycles.